The van der Waals surface area contributed by atoms with Crippen LogP contribution in [0.5, 0.6) is 0 Å². The van der Waals surface area contributed by atoms with Gasteiger partial charge in [-0.15, -0.1) is 0 Å². The highest BCUT2D eigenvalue weighted by Gasteiger charge is 2.23. The molecule has 6 nitrogen and oxygen atoms in total. The highest BCUT2D eigenvalue weighted by atomic mass is 32.2. The summed E-state index contributed by atoms with van der Waals surface area (Å²) in [6.45, 7) is 2.61. The second-order valence-electron chi connectivity index (χ2n) is 8.84. The fourth-order valence-electron chi connectivity index (χ4n) is 4.09. The lowest BCUT2D eigenvalue weighted by Crippen LogP contribution is -2.41. The Balaban J connectivity index is 1.84. The molecule has 0 radical (unpaired) electrons. The van der Waals surface area contributed by atoms with Gasteiger partial charge in [0.25, 0.3) is 5.91 Å². The number of carbonyl (C=O) groups excluding carboxylic acids is 1. The van der Waals surface area contributed by atoms with Crippen molar-refractivity contribution < 1.29 is 19.8 Å². The summed E-state index contributed by atoms with van der Waals surface area (Å²) in [4.78, 5) is 24.9. The summed E-state index contributed by atoms with van der Waals surface area (Å²) < 4.78 is 0. The molecular formula is C29H34N2O4S. The van der Waals surface area contributed by atoms with Crippen LogP contribution < -0.4 is 10.6 Å². The van der Waals surface area contributed by atoms with Gasteiger partial charge in [0, 0.05) is 30.3 Å². The molecule has 4 N–H and O–H groups in total. The van der Waals surface area contributed by atoms with Crippen LogP contribution in [-0.2, 0) is 11.2 Å². The minimum Gasteiger partial charge on any atom is -0.480 e. The van der Waals surface area contributed by atoms with E-state index in [1.807, 2.05) is 67.8 Å². The molecule has 0 saturated heterocycles. The third-order valence-corrected chi connectivity index (χ3v) is 6.78. The number of rotatable bonds is 13. The summed E-state index contributed by atoms with van der Waals surface area (Å²) in [6.07, 6.45) is 3.01. The van der Waals surface area contributed by atoms with Crippen molar-refractivity contribution in [3.63, 3.8) is 0 Å². The number of carboxylic acid groups (broad SMARTS) is 1. The number of nitrogens with one attached hydrogen (secondary N) is 2. The molecule has 0 saturated carbocycles. The Morgan fingerprint density at radius 2 is 1.69 bits per heavy atom. The molecule has 0 aliphatic rings. The lowest BCUT2D eigenvalue weighted by Gasteiger charge is -2.19. The Morgan fingerprint density at radius 3 is 2.36 bits per heavy atom. The third-order valence-electron chi connectivity index (χ3n) is 6.13. The van der Waals surface area contributed by atoms with Crippen LogP contribution in [0.4, 0.5) is 5.69 Å². The average molecular weight is 507 g/mol. The number of carbonyl (C=O) groups is 2. The second kappa shape index (κ2) is 13.7. The number of hydrogen-bond donors (Lipinski definition) is 4. The van der Waals surface area contributed by atoms with Crippen LogP contribution in [0.3, 0.4) is 0 Å². The molecule has 3 rings (SSSR count). The van der Waals surface area contributed by atoms with Gasteiger partial charge in [0.1, 0.15) is 6.04 Å². The number of thioether (sulfide) groups is 1. The van der Waals surface area contributed by atoms with Gasteiger partial charge in [0.2, 0.25) is 0 Å². The smallest absolute Gasteiger partial charge is 0.326 e. The predicted molar refractivity (Wildman–Crippen MR) is 148 cm³/mol. The van der Waals surface area contributed by atoms with Gasteiger partial charge in [0.05, 0.1) is 0 Å². The van der Waals surface area contributed by atoms with Gasteiger partial charge in [-0.2, -0.15) is 11.8 Å². The molecule has 0 aromatic heterocycles. The molecular weight excluding hydrogens is 472 g/mol. The monoisotopic (exact) mass is 506 g/mol. The Hall–Kier alpha value is -3.29. The van der Waals surface area contributed by atoms with E-state index in [9.17, 15) is 19.8 Å². The zero-order valence-corrected chi connectivity index (χ0v) is 21.6. The predicted octanol–water partition coefficient (Wildman–Crippen LogP) is 4.86. The number of benzene rings is 3. The minimum atomic E-state index is -1.04. The van der Waals surface area contributed by atoms with Gasteiger partial charge >= 0.3 is 5.97 Å². The van der Waals surface area contributed by atoms with E-state index in [1.165, 1.54) is 5.56 Å². The van der Waals surface area contributed by atoms with E-state index in [-0.39, 0.29) is 12.5 Å². The number of anilines is 1. The first-order chi connectivity index (χ1) is 17.4. The second-order valence-corrected chi connectivity index (χ2v) is 9.83. The van der Waals surface area contributed by atoms with Gasteiger partial charge in [-0.3, -0.25) is 4.79 Å². The number of hydrogen-bond acceptors (Lipinski definition) is 5. The van der Waals surface area contributed by atoms with Gasteiger partial charge in [-0.25, -0.2) is 4.79 Å². The van der Waals surface area contributed by atoms with E-state index in [2.05, 4.69) is 22.8 Å². The van der Waals surface area contributed by atoms with E-state index in [0.717, 1.165) is 28.8 Å². The van der Waals surface area contributed by atoms with E-state index >= 15 is 0 Å². The number of amides is 1. The van der Waals surface area contributed by atoms with Crippen LogP contribution in [0.1, 0.15) is 27.9 Å². The van der Waals surface area contributed by atoms with E-state index in [4.69, 9.17) is 0 Å². The molecule has 190 valence electrons. The summed E-state index contributed by atoms with van der Waals surface area (Å²) in [5.74, 6) is -0.781. The first-order valence-electron chi connectivity index (χ1n) is 12.0. The van der Waals surface area contributed by atoms with Crippen molar-refractivity contribution in [3.8, 4) is 11.1 Å². The van der Waals surface area contributed by atoms with Crippen LogP contribution in [0.15, 0.2) is 72.8 Å². The van der Waals surface area contributed by atoms with Crippen molar-refractivity contribution in [2.75, 3.05) is 30.5 Å². The average Bonchev–Trinajstić information content (AvgIpc) is 2.89. The topological polar surface area (TPSA) is 98.7 Å². The summed E-state index contributed by atoms with van der Waals surface area (Å²) in [6, 6.07) is 22.4. The largest absolute Gasteiger partial charge is 0.480 e. The normalized spacial score (nSPS) is 12.5. The van der Waals surface area contributed by atoms with Gasteiger partial charge in [0.15, 0.2) is 0 Å². The number of aliphatic hydroxyl groups is 1. The molecule has 0 heterocycles. The fourth-order valence-corrected chi connectivity index (χ4v) is 4.56. The zero-order chi connectivity index (χ0) is 25.9. The summed E-state index contributed by atoms with van der Waals surface area (Å²) in [5.41, 5.74) is 5.07. The molecule has 2 atom stereocenters. The lowest BCUT2D eigenvalue weighted by atomic mass is 9.94. The SMILES string of the molecule is CSCC[C@H](NC(=O)c1ccc(NCC(CO)Cc2ccccc2)cc1-c1ccccc1C)C(=O)O. The quantitative estimate of drug-likeness (QED) is 0.264. The van der Waals surface area contributed by atoms with Crippen molar-refractivity contribution in [3.05, 3.63) is 89.5 Å². The minimum absolute atomic E-state index is 0.0325. The summed E-state index contributed by atoms with van der Waals surface area (Å²) in [7, 11) is 0. The molecule has 1 amide bonds. The van der Waals surface area contributed by atoms with E-state index in [0.29, 0.717) is 24.3 Å². The van der Waals surface area contributed by atoms with Gasteiger partial charge < -0.3 is 20.8 Å². The van der Waals surface area contributed by atoms with Crippen LogP contribution in [-0.4, -0.2) is 53.3 Å². The molecule has 1 unspecified atom stereocenters. The maximum Gasteiger partial charge on any atom is 0.326 e. The van der Waals surface area contributed by atoms with Crippen LogP contribution >= 0.6 is 11.8 Å². The first-order valence-corrected chi connectivity index (χ1v) is 13.4. The molecule has 3 aromatic rings. The van der Waals surface area contributed by atoms with Crippen LogP contribution in [0.2, 0.25) is 0 Å². The van der Waals surface area contributed by atoms with Crippen molar-refractivity contribution in [1.29, 1.82) is 0 Å². The molecule has 0 aliphatic carbocycles. The highest BCUT2D eigenvalue weighted by molar-refractivity contribution is 7.98. The van der Waals surface area contributed by atoms with Crippen LogP contribution in [0, 0.1) is 12.8 Å². The van der Waals surface area contributed by atoms with Crippen molar-refractivity contribution in [2.24, 2.45) is 5.92 Å². The van der Waals surface area contributed by atoms with Gasteiger partial charge in [-0.05, 0) is 72.2 Å². The van der Waals surface area contributed by atoms with Crippen LogP contribution in [0.25, 0.3) is 11.1 Å². The van der Waals surface area contributed by atoms with Gasteiger partial charge in [-0.1, -0.05) is 54.6 Å². The number of carboxylic acids is 1. The molecule has 7 heteroatoms. The van der Waals surface area contributed by atoms with E-state index in [1.54, 1.807) is 17.8 Å². The third kappa shape index (κ3) is 7.60. The molecule has 0 fully saturated rings. The summed E-state index contributed by atoms with van der Waals surface area (Å²) in [5, 5.41) is 25.6. The summed E-state index contributed by atoms with van der Waals surface area (Å²) >= 11 is 1.54. The van der Waals surface area contributed by atoms with Crippen molar-refractivity contribution >= 4 is 29.3 Å². The van der Waals surface area contributed by atoms with Crippen molar-refractivity contribution in [2.45, 2.75) is 25.8 Å². The number of aliphatic carboxylic acids is 1. The first kappa shape index (κ1) is 27.3. The molecule has 0 spiro atoms. The standard InChI is InChI=1S/C29H34N2O4S/c1-20-8-6-7-11-24(20)26-17-23(30-18-22(19-32)16-21-9-4-3-5-10-21)12-13-25(26)28(33)31-27(29(34)35)14-15-36-2/h3-13,17,22,27,30,32H,14-16,18-19H2,1-2H3,(H,31,33)(H,34,35)/t22?,27-/m0/s1. The zero-order valence-electron chi connectivity index (χ0n) is 20.7. The Labute approximate surface area is 217 Å². The molecule has 3 aromatic carbocycles. The molecule has 0 bridgehead atoms. The molecule has 36 heavy (non-hydrogen) atoms. The van der Waals surface area contributed by atoms with Crippen molar-refractivity contribution in [1.82, 2.24) is 5.32 Å². The van der Waals surface area contributed by atoms with E-state index < -0.39 is 17.9 Å². The fraction of sp³-hybridized carbons (Fsp3) is 0.310. The maximum atomic E-state index is 13.2. The molecule has 0 aliphatic heterocycles. The number of aliphatic hydroxyl groups excluding tert-OH is 1. The number of aryl methyl sites for hydroxylation is 1. The lowest BCUT2D eigenvalue weighted by molar-refractivity contribution is -0.139. The highest BCUT2D eigenvalue weighted by Crippen LogP contribution is 2.30. The Bertz CT molecular complexity index is 1150. The Morgan fingerprint density at radius 1 is 0.972 bits per heavy atom. The Kier molecular flexibility index (Phi) is 10.4. The maximum absolute atomic E-state index is 13.2.